The number of amides is 1. The molecule has 2 N–H and O–H groups in total. The fraction of sp³-hybridized carbons (Fsp3) is 0.833. The number of nitrogens with one attached hydrogen (secondary N) is 1. The highest BCUT2D eigenvalue weighted by Gasteiger charge is 2.39. The molecule has 1 heterocycles. The molecule has 2 atom stereocenters. The van der Waals surface area contributed by atoms with Gasteiger partial charge in [0.05, 0.1) is 0 Å². The van der Waals surface area contributed by atoms with Gasteiger partial charge in [-0.05, 0) is 26.7 Å². The minimum atomic E-state index is -3.86. The number of carboxylic acids is 1. The summed E-state index contributed by atoms with van der Waals surface area (Å²) < 4.78 is 27.6. The lowest BCUT2D eigenvalue weighted by molar-refractivity contribution is -0.140. The molecular formula is C12H23N3O5S. The van der Waals surface area contributed by atoms with Crippen molar-refractivity contribution in [2.75, 3.05) is 19.6 Å². The SMILES string of the molecule is CC(=O)NCCN(C(C)C(=O)O)S(=O)(=O)N1CCCC1C. The first kappa shape index (κ1) is 17.9. The molecule has 8 nitrogen and oxygen atoms in total. The summed E-state index contributed by atoms with van der Waals surface area (Å²) >= 11 is 0. The molecule has 0 aromatic heterocycles. The summed E-state index contributed by atoms with van der Waals surface area (Å²) in [6.45, 7) is 4.86. The average molecular weight is 321 g/mol. The number of rotatable bonds is 7. The second-order valence-corrected chi connectivity index (χ2v) is 7.05. The molecule has 1 aliphatic rings. The molecule has 0 saturated carbocycles. The summed E-state index contributed by atoms with van der Waals surface area (Å²) in [5.74, 6) is -1.50. The van der Waals surface area contributed by atoms with Crippen molar-refractivity contribution in [2.45, 2.75) is 45.7 Å². The first-order valence-corrected chi connectivity index (χ1v) is 8.33. The Hall–Kier alpha value is -1.19. The maximum atomic E-state index is 12.6. The molecule has 1 amide bonds. The summed E-state index contributed by atoms with van der Waals surface area (Å²) in [5, 5.41) is 11.6. The van der Waals surface area contributed by atoms with Crippen LogP contribution in [-0.4, -0.2) is 65.7 Å². The molecule has 1 saturated heterocycles. The summed E-state index contributed by atoms with van der Waals surface area (Å²) in [5.41, 5.74) is 0. The largest absolute Gasteiger partial charge is 0.480 e. The van der Waals surface area contributed by atoms with Crippen molar-refractivity contribution in [1.29, 1.82) is 0 Å². The quantitative estimate of drug-likeness (QED) is 0.665. The smallest absolute Gasteiger partial charge is 0.321 e. The van der Waals surface area contributed by atoms with Gasteiger partial charge >= 0.3 is 5.97 Å². The van der Waals surface area contributed by atoms with E-state index in [-0.39, 0.29) is 25.0 Å². The van der Waals surface area contributed by atoms with Gasteiger partial charge in [0.1, 0.15) is 6.04 Å². The van der Waals surface area contributed by atoms with Crippen LogP contribution < -0.4 is 5.32 Å². The van der Waals surface area contributed by atoms with Crippen molar-refractivity contribution >= 4 is 22.1 Å². The Morgan fingerprint density at radius 3 is 2.52 bits per heavy atom. The number of carbonyl (C=O) groups is 2. The highest BCUT2D eigenvalue weighted by atomic mass is 32.2. The Bertz CT molecular complexity index is 493. The zero-order valence-corrected chi connectivity index (χ0v) is 13.4. The molecule has 2 unspecified atom stereocenters. The number of carbonyl (C=O) groups excluding carboxylic acids is 1. The van der Waals surface area contributed by atoms with Gasteiger partial charge in [-0.1, -0.05) is 0 Å². The van der Waals surface area contributed by atoms with E-state index in [1.165, 1.54) is 18.2 Å². The molecule has 21 heavy (non-hydrogen) atoms. The van der Waals surface area contributed by atoms with Gasteiger partial charge in [-0.25, -0.2) is 0 Å². The molecule has 1 aliphatic heterocycles. The van der Waals surface area contributed by atoms with Crippen molar-refractivity contribution in [3.8, 4) is 0 Å². The molecular weight excluding hydrogens is 298 g/mol. The van der Waals surface area contributed by atoms with Crippen LogP contribution in [0.3, 0.4) is 0 Å². The van der Waals surface area contributed by atoms with Crippen molar-refractivity contribution in [2.24, 2.45) is 0 Å². The van der Waals surface area contributed by atoms with E-state index in [1.54, 1.807) is 0 Å². The number of hydrogen-bond acceptors (Lipinski definition) is 4. The van der Waals surface area contributed by atoms with Gasteiger partial charge in [-0.3, -0.25) is 9.59 Å². The highest BCUT2D eigenvalue weighted by Crippen LogP contribution is 2.24. The van der Waals surface area contributed by atoms with Crippen LogP contribution in [0.5, 0.6) is 0 Å². The topological polar surface area (TPSA) is 107 Å². The Balaban J connectivity index is 2.93. The van der Waals surface area contributed by atoms with E-state index in [0.29, 0.717) is 6.54 Å². The van der Waals surface area contributed by atoms with E-state index in [0.717, 1.165) is 17.1 Å². The van der Waals surface area contributed by atoms with Gasteiger partial charge in [-0.2, -0.15) is 17.0 Å². The van der Waals surface area contributed by atoms with Crippen LogP contribution in [0.2, 0.25) is 0 Å². The fourth-order valence-electron chi connectivity index (χ4n) is 2.36. The summed E-state index contributed by atoms with van der Waals surface area (Å²) in [6.07, 6.45) is 1.53. The molecule has 9 heteroatoms. The van der Waals surface area contributed by atoms with Crippen molar-refractivity contribution in [3.05, 3.63) is 0 Å². The Morgan fingerprint density at radius 1 is 1.48 bits per heavy atom. The summed E-state index contributed by atoms with van der Waals surface area (Å²) in [7, 11) is -3.86. The zero-order valence-electron chi connectivity index (χ0n) is 12.6. The van der Waals surface area contributed by atoms with Gasteiger partial charge < -0.3 is 10.4 Å². The van der Waals surface area contributed by atoms with E-state index in [1.807, 2.05) is 6.92 Å². The van der Waals surface area contributed by atoms with Crippen LogP contribution in [0.4, 0.5) is 0 Å². The standard InChI is InChI=1S/C12H23N3O5S/c1-9-5-4-7-14(9)21(19,20)15(10(2)12(17)18)8-6-13-11(3)16/h9-10H,4-8H2,1-3H3,(H,13,16)(H,17,18). The summed E-state index contributed by atoms with van der Waals surface area (Å²) in [4.78, 5) is 22.0. The normalized spacial score (nSPS) is 21.4. The van der Waals surface area contributed by atoms with E-state index in [4.69, 9.17) is 5.11 Å². The number of aliphatic carboxylic acids is 1. The molecule has 0 aromatic rings. The Morgan fingerprint density at radius 2 is 2.10 bits per heavy atom. The molecule has 0 aromatic carbocycles. The Kier molecular flexibility index (Phi) is 6.11. The zero-order chi connectivity index (χ0) is 16.2. The molecule has 1 fully saturated rings. The van der Waals surface area contributed by atoms with Gasteiger partial charge in [-0.15, -0.1) is 0 Å². The van der Waals surface area contributed by atoms with Crippen LogP contribution in [0.1, 0.15) is 33.6 Å². The maximum absolute atomic E-state index is 12.6. The van der Waals surface area contributed by atoms with Gasteiger partial charge in [0.15, 0.2) is 0 Å². The van der Waals surface area contributed by atoms with Crippen LogP contribution in [0.15, 0.2) is 0 Å². The molecule has 1 rings (SSSR count). The highest BCUT2D eigenvalue weighted by molar-refractivity contribution is 7.86. The van der Waals surface area contributed by atoms with Crippen LogP contribution >= 0.6 is 0 Å². The van der Waals surface area contributed by atoms with E-state index >= 15 is 0 Å². The van der Waals surface area contributed by atoms with E-state index < -0.39 is 22.2 Å². The summed E-state index contributed by atoms with van der Waals surface area (Å²) in [6, 6.07) is -1.32. The lowest BCUT2D eigenvalue weighted by Gasteiger charge is -2.32. The first-order valence-electron chi connectivity index (χ1n) is 6.93. The second kappa shape index (κ2) is 7.19. The van der Waals surface area contributed by atoms with Crippen LogP contribution in [0.25, 0.3) is 0 Å². The van der Waals surface area contributed by atoms with Crippen LogP contribution in [0, 0.1) is 0 Å². The van der Waals surface area contributed by atoms with E-state index in [9.17, 15) is 18.0 Å². The first-order chi connectivity index (χ1) is 9.67. The van der Waals surface area contributed by atoms with Crippen molar-refractivity contribution in [1.82, 2.24) is 13.9 Å². The minimum absolute atomic E-state index is 0.0708. The van der Waals surface area contributed by atoms with Gasteiger partial charge in [0.2, 0.25) is 5.91 Å². The average Bonchev–Trinajstić information content (AvgIpc) is 2.80. The van der Waals surface area contributed by atoms with Crippen LogP contribution in [-0.2, 0) is 19.8 Å². The predicted molar refractivity (Wildman–Crippen MR) is 76.8 cm³/mol. The van der Waals surface area contributed by atoms with Gasteiger partial charge in [0, 0.05) is 32.6 Å². The number of hydrogen-bond donors (Lipinski definition) is 2. The molecule has 0 spiro atoms. The number of carboxylic acid groups (broad SMARTS) is 1. The fourth-order valence-corrected chi connectivity index (χ4v) is 4.36. The number of nitrogens with zero attached hydrogens (tertiary/aromatic N) is 2. The molecule has 122 valence electrons. The van der Waals surface area contributed by atoms with Crippen molar-refractivity contribution < 1.29 is 23.1 Å². The van der Waals surface area contributed by atoms with Gasteiger partial charge in [0.25, 0.3) is 10.2 Å². The molecule has 0 radical (unpaired) electrons. The minimum Gasteiger partial charge on any atom is -0.480 e. The monoisotopic (exact) mass is 321 g/mol. The molecule has 0 bridgehead atoms. The second-order valence-electron chi connectivity index (χ2n) is 5.22. The maximum Gasteiger partial charge on any atom is 0.321 e. The molecule has 0 aliphatic carbocycles. The lowest BCUT2D eigenvalue weighted by atomic mass is 10.3. The van der Waals surface area contributed by atoms with E-state index in [2.05, 4.69) is 5.32 Å². The third-order valence-corrected chi connectivity index (χ3v) is 5.81. The predicted octanol–water partition coefficient (Wildman–Crippen LogP) is -0.373. The Labute approximate surface area is 125 Å². The lowest BCUT2D eigenvalue weighted by Crippen LogP contribution is -2.53. The van der Waals surface area contributed by atoms with Crippen molar-refractivity contribution in [3.63, 3.8) is 0 Å². The third kappa shape index (κ3) is 4.39. The third-order valence-electron chi connectivity index (χ3n) is 3.58.